The molecule has 0 fully saturated rings. The molecule has 162 valence electrons. The summed E-state index contributed by atoms with van der Waals surface area (Å²) in [6.45, 7) is 4.79. The number of carbonyl (C=O) groups is 2. The maximum Gasteiger partial charge on any atom is 0.251 e. The van der Waals surface area contributed by atoms with Crippen molar-refractivity contribution in [1.82, 2.24) is 15.6 Å². The number of hydrogen-bond donors (Lipinski definition) is 2. The lowest BCUT2D eigenvalue weighted by Gasteiger charge is -2.17. The minimum atomic E-state index is -1.42. The van der Waals surface area contributed by atoms with E-state index < -0.39 is 5.67 Å². The van der Waals surface area contributed by atoms with Crippen LogP contribution in [-0.4, -0.2) is 43.6 Å². The Morgan fingerprint density at radius 2 is 2.00 bits per heavy atom. The van der Waals surface area contributed by atoms with Crippen LogP contribution in [0.5, 0.6) is 0 Å². The molecular weight excluding hydrogens is 403 g/mol. The molecule has 0 aliphatic carbocycles. The van der Waals surface area contributed by atoms with Crippen molar-refractivity contribution in [1.29, 1.82) is 0 Å². The number of rotatable bonds is 11. The number of alkyl halides is 1. The molecule has 0 atom stereocenters. The van der Waals surface area contributed by atoms with Crippen molar-refractivity contribution >= 4 is 29.8 Å². The Balaban J connectivity index is 1.80. The molecule has 0 radical (unpaired) electrons. The Morgan fingerprint density at radius 3 is 2.67 bits per heavy atom. The first kappa shape index (κ1) is 23.8. The lowest BCUT2D eigenvalue weighted by atomic mass is 10.0. The van der Waals surface area contributed by atoms with Gasteiger partial charge in [-0.05, 0) is 56.6 Å². The van der Waals surface area contributed by atoms with E-state index in [-0.39, 0.29) is 5.91 Å². The van der Waals surface area contributed by atoms with Crippen LogP contribution in [0.1, 0.15) is 52.1 Å². The largest absolute Gasteiger partial charge is 0.352 e. The smallest absolute Gasteiger partial charge is 0.251 e. The summed E-state index contributed by atoms with van der Waals surface area (Å²) in [5, 5.41) is 6.15. The summed E-state index contributed by atoms with van der Waals surface area (Å²) in [6, 6.07) is 6.91. The molecule has 0 bridgehead atoms. The lowest BCUT2D eigenvalue weighted by Crippen LogP contribution is -2.27. The Hall–Kier alpha value is -2.45. The van der Waals surface area contributed by atoms with Gasteiger partial charge in [0.1, 0.15) is 12.0 Å². The van der Waals surface area contributed by atoms with Gasteiger partial charge in [0.2, 0.25) is 0 Å². The van der Waals surface area contributed by atoms with Crippen LogP contribution in [0, 0.1) is 0 Å². The fourth-order valence-electron chi connectivity index (χ4n) is 2.78. The van der Waals surface area contributed by atoms with Crippen LogP contribution in [0.3, 0.4) is 0 Å². The average Bonchev–Trinajstić information content (AvgIpc) is 2.74. The number of nitrogens with zero attached hydrogens (tertiary/aromatic N) is 2. The van der Waals surface area contributed by atoms with Gasteiger partial charge in [0.25, 0.3) is 5.91 Å². The number of aldehydes is 1. The standard InChI is InChI=1S/C22H29FN4O2S/c1-22(2,23)19-9-17(13-25-14-19)12-24-6-5-7-26-21(29)18-8-16(15-28)10-20(11-18)27(3)30-4/h8-11,13-15,24H,5-7,12H2,1-4H3,(H,26,29). The van der Waals surface area contributed by atoms with E-state index in [9.17, 15) is 14.0 Å². The highest BCUT2D eigenvalue weighted by molar-refractivity contribution is 7.99. The first-order valence-electron chi connectivity index (χ1n) is 9.75. The maximum atomic E-state index is 14.0. The van der Waals surface area contributed by atoms with E-state index in [2.05, 4.69) is 15.6 Å². The van der Waals surface area contributed by atoms with Crippen LogP contribution < -0.4 is 14.9 Å². The van der Waals surface area contributed by atoms with Gasteiger partial charge in [-0.2, -0.15) is 0 Å². The van der Waals surface area contributed by atoms with Gasteiger partial charge in [0.15, 0.2) is 0 Å². The summed E-state index contributed by atoms with van der Waals surface area (Å²) in [4.78, 5) is 27.7. The summed E-state index contributed by atoms with van der Waals surface area (Å²) in [5.74, 6) is -0.212. The topological polar surface area (TPSA) is 74.3 Å². The molecular formula is C22H29FN4O2S. The highest BCUT2D eigenvalue weighted by Crippen LogP contribution is 2.24. The third kappa shape index (κ3) is 7.11. The summed E-state index contributed by atoms with van der Waals surface area (Å²) < 4.78 is 15.9. The molecule has 0 aliphatic rings. The SMILES string of the molecule is CSN(C)c1cc(C=O)cc(C(=O)NCCCNCc2cncc(C(C)(C)F)c2)c1. The summed E-state index contributed by atoms with van der Waals surface area (Å²) in [7, 11) is 1.88. The zero-order chi connectivity index (χ0) is 22.1. The van der Waals surface area contributed by atoms with Crippen LogP contribution in [0.2, 0.25) is 0 Å². The molecule has 1 aromatic carbocycles. The van der Waals surface area contributed by atoms with E-state index in [1.807, 2.05) is 23.7 Å². The molecule has 0 aliphatic heterocycles. The second kappa shape index (κ2) is 11.1. The number of aromatic nitrogens is 1. The summed E-state index contributed by atoms with van der Waals surface area (Å²) >= 11 is 1.50. The summed E-state index contributed by atoms with van der Waals surface area (Å²) in [5.41, 5.74) is 1.77. The number of anilines is 1. The van der Waals surface area contributed by atoms with Gasteiger partial charge in [0, 0.05) is 61.2 Å². The number of carbonyl (C=O) groups excluding carboxylic acids is 2. The van der Waals surface area contributed by atoms with Crippen molar-refractivity contribution in [2.45, 2.75) is 32.5 Å². The molecule has 0 unspecified atom stereocenters. The molecule has 6 nitrogen and oxygen atoms in total. The fraction of sp³-hybridized carbons (Fsp3) is 0.409. The molecule has 30 heavy (non-hydrogen) atoms. The van der Waals surface area contributed by atoms with Gasteiger partial charge in [-0.15, -0.1) is 0 Å². The molecule has 2 aromatic rings. The van der Waals surface area contributed by atoms with Crippen LogP contribution in [0.4, 0.5) is 10.1 Å². The van der Waals surface area contributed by atoms with E-state index in [1.54, 1.807) is 30.6 Å². The highest BCUT2D eigenvalue weighted by Gasteiger charge is 2.19. The van der Waals surface area contributed by atoms with Gasteiger partial charge >= 0.3 is 0 Å². The van der Waals surface area contributed by atoms with Gasteiger partial charge in [-0.25, -0.2) is 4.39 Å². The normalized spacial score (nSPS) is 11.2. The van der Waals surface area contributed by atoms with Crippen molar-refractivity contribution in [3.05, 3.63) is 58.9 Å². The molecule has 0 saturated carbocycles. The number of pyridine rings is 1. The monoisotopic (exact) mass is 432 g/mol. The van der Waals surface area contributed by atoms with E-state index in [4.69, 9.17) is 0 Å². The maximum absolute atomic E-state index is 14.0. The van der Waals surface area contributed by atoms with Crippen LogP contribution in [0.25, 0.3) is 0 Å². The van der Waals surface area contributed by atoms with Crippen molar-refractivity contribution < 1.29 is 14.0 Å². The van der Waals surface area contributed by atoms with Gasteiger partial charge in [-0.1, -0.05) is 11.9 Å². The van der Waals surface area contributed by atoms with Crippen molar-refractivity contribution in [2.75, 3.05) is 30.7 Å². The van der Waals surface area contributed by atoms with E-state index in [0.29, 0.717) is 36.3 Å². The molecule has 2 rings (SSSR count). The van der Waals surface area contributed by atoms with Crippen molar-refractivity contribution in [3.8, 4) is 0 Å². The Labute approximate surface area is 181 Å². The predicted octanol–water partition coefficient (Wildman–Crippen LogP) is 3.72. The number of halogens is 1. The molecule has 1 heterocycles. The number of nitrogens with one attached hydrogen (secondary N) is 2. The predicted molar refractivity (Wildman–Crippen MR) is 121 cm³/mol. The number of amides is 1. The molecule has 0 saturated heterocycles. The molecule has 1 aromatic heterocycles. The van der Waals surface area contributed by atoms with Crippen LogP contribution >= 0.6 is 11.9 Å². The average molecular weight is 433 g/mol. The molecule has 2 N–H and O–H groups in total. The highest BCUT2D eigenvalue weighted by atomic mass is 32.2. The zero-order valence-electron chi connectivity index (χ0n) is 17.9. The minimum absolute atomic E-state index is 0.212. The Kier molecular flexibility index (Phi) is 8.80. The minimum Gasteiger partial charge on any atom is -0.352 e. The van der Waals surface area contributed by atoms with E-state index in [0.717, 1.165) is 24.0 Å². The quantitative estimate of drug-likeness (QED) is 0.320. The molecule has 8 heteroatoms. The van der Waals surface area contributed by atoms with Crippen molar-refractivity contribution in [3.63, 3.8) is 0 Å². The number of hydrogen-bond acceptors (Lipinski definition) is 6. The van der Waals surface area contributed by atoms with Gasteiger partial charge in [-0.3, -0.25) is 14.6 Å². The van der Waals surface area contributed by atoms with E-state index >= 15 is 0 Å². The third-order valence-electron chi connectivity index (χ3n) is 4.60. The second-order valence-electron chi connectivity index (χ2n) is 7.45. The fourth-order valence-corrected chi connectivity index (χ4v) is 3.10. The molecule has 1 amide bonds. The van der Waals surface area contributed by atoms with Crippen molar-refractivity contribution in [2.24, 2.45) is 0 Å². The lowest BCUT2D eigenvalue weighted by molar-refractivity contribution is 0.0953. The summed E-state index contributed by atoms with van der Waals surface area (Å²) in [6.07, 6.45) is 6.66. The third-order valence-corrected chi connectivity index (χ3v) is 5.36. The first-order valence-corrected chi connectivity index (χ1v) is 10.9. The second-order valence-corrected chi connectivity index (χ2v) is 8.36. The zero-order valence-corrected chi connectivity index (χ0v) is 18.7. The van der Waals surface area contributed by atoms with Crippen LogP contribution in [-0.2, 0) is 12.2 Å². The Morgan fingerprint density at radius 1 is 1.23 bits per heavy atom. The number of benzene rings is 1. The van der Waals surface area contributed by atoms with Crippen LogP contribution in [0.15, 0.2) is 36.7 Å². The Bertz CT molecular complexity index is 870. The first-order chi connectivity index (χ1) is 14.2. The van der Waals surface area contributed by atoms with Gasteiger partial charge < -0.3 is 14.9 Å². The molecule has 0 spiro atoms. The van der Waals surface area contributed by atoms with Gasteiger partial charge in [0.05, 0.1) is 0 Å². The van der Waals surface area contributed by atoms with E-state index in [1.165, 1.54) is 25.8 Å².